The normalized spacial score (nSPS) is 11.0. The summed E-state index contributed by atoms with van der Waals surface area (Å²) in [7, 11) is 0. The van der Waals surface area contributed by atoms with Crippen LogP contribution in [0.15, 0.2) is 0 Å². The van der Waals surface area contributed by atoms with Crippen molar-refractivity contribution in [3.63, 3.8) is 0 Å². The van der Waals surface area contributed by atoms with Gasteiger partial charge in [0.15, 0.2) is 0 Å². The van der Waals surface area contributed by atoms with E-state index in [0.717, 1.165) is 13.0 Å². The Labute approximate surface area is 75.0 Å². The standard InChI is InChI=1S/C9H19O3/c1-4-7-10-8-9(11-5-2)12-6-3/h4-8H2,1-3H3. The maximum absolute atomic E-state index is 5.26. The Morgan fingerprint density at radius 2 is 1.58 bits per heavy atom. The smallest absolute Gasteiger partial charge is 0.250 e. The van der Waals surface area contributed by atoms with Crippen molar-refractivity contribution in [3.05, 3.63) is 6.29 Å². The van der Waals surface area contributed by atoms with E-state index in [4.69, 9.17) is 14.2 Å². The zero-order chi connectivity index (χ0) is 9.23. The lowest BCUT2D eigenvalue weighted by Crippen LogP contribution is -2.15. The Bertz CT molecular complexity index is 79.8. The largest absolute Gasteiger partial charge is 0.376 e. The minimum atomic E-state index is 0.454. The average molecular weight is 175 g/mol. The van der Waals surface area contributed by atoms with Crippen molar-refractivity contribution >= 4 is 0 Å². The van der Waals surface area contributed by atoms with Gasteiger partial charge in [-0.15, -0.1) is 0 Å². The molecule has 0 spiro atoms. The van der Waals surface area contributed by atoms with Gasteiger partial charge in [-0.2, -0.15) is 0 Å². The Kier molecular flexibility index (Phi) is 8.88. The van der Waals surface area contributed by atoms with Crippen LogP contribution in [0.4, 0.5) is 0 Å². The van der Waals surface area contributed by atoms with Crippen LogP contribution in [0.25, 0.3) is 0 Å². The van der Waals surface area contributed by atoms with Gasteiger partial charge in [0, 0.05) is 19.8 Å². The van der Waals surface area contributed by atoms with Gasteiger partial charge in [-0.3, -0.25) is 0 Å². The van der Waals surface area contributed by atoms with E-state index in [2.05, 4.69) is 6.92 Å². The molecule has 3 nitrogen and oxygen atoms in total. The molecule has 0 amide bonds. The first kappa shape index (κ1) is 11.9. The highest BCUT2D eigenvalue weighted by Gasteiger charge is 2.09. The minimum Gasteiger partial charge on any atom is -0.376 e. The van der Waals surface area contributed by atoms with Gasteiger partial charge >= 0.3 is 0 Å². The molecule has 12 heavy (non-hydrogen) atoms. The molecule has 0 aliphatic heterocycles. The summed E-state index contributed by atoms with van der Waals surface area (Å²) < 4.78 is 15.7. The molecule has 0 unspecified atom stereocenters. The van der Waals surface area contributed by atoms with E-state index in [1.165, 1.54) is 0 Å². The summed E-state index contributed by atoms with van der Waals surface area (Å²) in [6, 6.07) is 0. The summed E-state index contributed by atoms with van der Waals surface area (Å²) in [5.74, 6) is 0. The highest BCUT2D eigenvalue weighted by atomic mass is 16.7. The Hall–Kier alpha value is -0.120. The summed E-state index contributed by atoms with van der Waals surface area (Å²) in [5.41, 5.74) is 0. The first-order valence-corrected chi connectivity index (χ1v) is 4.54. The number of hydrogen-bond donors (Lipinski definition) is 0. The molecule has 0 aromatic heterocycles. The third kappa shape index (κ3) is 6.58. The fourth-order valence-electron chi connectivity index (χ4n) is 0.747. The van der Waals surface area contributed by atoms with Gasteiger partial charge in [0.25, 0.3) is 0 Å². The number of hydrogen-bond acceptors (Lipinski definition) is 3. The number of rotatable bonds is 8. The molecule has 0 fully saturated rings. The van der Waals surface area contributed by atoms with Gasteiger partial charge in [0.1, 0.15) is 6.61 Å². The van der Waals surface area contributed by atoms with E-state index in [-0.39, 0.29) is 0 Å². The molecule has 0 aromatic carbocycles. The minimum absolute atomic E-state index is 0.454. The van der Waals surface area contributed by atoms with Crippen molar-refractivity contribution < 1.29 is 14.2 Å². The lowest BCUT2D eigenvalue weighted by atomic mass is 10.5. The molecule has 0 aliphatic rings. The van der Waals surface area contributed by atoms with Crippen LogP contribution < -0.4 is 0 Å². The van der Waals surface area contributed by atoms with Crippen LogP contribution in [0.3, 0.4) is 0 Å². The topological polar surface area (TPSA) is 27.7 Å². The molecule has 0 saturated heterocycles. The quantitative estimate of drug-likeness (QED) is 0.528. The monoisotopic (exact) mass is 175 g/mol. The van der Waals surface area contributed by atoms with Crippen molar-refractivity contribution in [1.82, 2.24) is 0 Å². The lowest BCUT2D eigenvalue weighted by molar-refractivity contribution is -0.0780. The van der Waals surface area contributed by atoms with Crippen molar-refractivity contribution in [2.24, 2.45) is 0 Å². The molecule has 0 atom stereocenters. The lowest BCUT2D eigenvalue weighted by Gasteiger charge is -2.14. The molecule has 0 aromatic rings. The summed E-state index contributed by atoms with van der Waals surface area (Å²) in [6.07, 6.45) is 1.61. The van der Waals surface area contributed by atoms with Gasteiger partial charge in [0.05, 0.1) is 0 Å². The predicted molar refractivity (Wildman–Crippen MR) is 47.6 cm³/mol. The third-order valence-corrected chi connectivity index (χ3v) is 1.18. The van der Waals surface area contributed by atoms with E-state index in [1.807, 2.05) is 13.8 Å². The van der Waals surface area contributed by atoms with Crippen molar-refractivity contribution in [2.75, 3.05) is 26.4 Å². The zero-order valence-electron chi connectivity index (χ0n) is 8.26. The SMILES string of the molecule is CCCOC[C](OCC)OCC. The Morgan fingerprint density at radius 1 is 1.00 bits per heavy atom. The fourth-order valence-corrected chi connectivity index (χ4v) is 0.747. The van der Waals surface area contributed by atoms with Gasteiger partial charge in [-0.05, 0) is 20.3 Å². The van der Waals surface area contributed by atoms with Gasteiger partial charge in [0.2, 0.25) is 6.29 Å². The van der Waals surface area contributed by atoms with Crippen molar-refractivity contribution in [1.29, 1.82) is 0 Å². The second-order valence-corrected chi connectivity index (χ2v) is 2.29. The summed E-state index contributed by atoms with van der Waals surface area (Å²) in [6.45, 7) is 8.40. The Balaban J connectivity index is 3.34. The first-order chi connectivity index (χ1) is 5.85. The highest BCUT2D eigenvalue weighted by Crippen LogP contribution is 2.04. The molecule has 0 aliphatic carbocycles. The molecular weight excluding hydrogens is 156 g/mol. The number of ether oxygens (including phenoxy) is 3. The maximum Gasteiger partial charge on any atom is 0.250 e. The molecule has 0 bridgehead atoms. The van der Waals surface area contributed by atoms with E-state index >= 15 is 0 Å². The molecular formula is C9H19O3. The van der Waals surface area contributed by atoms with E-state index in [9.17, 15) is 0 Å². The predicted octanol–water partition coefficient (Wildman–Crippen LogP) is 1.98. The van der Waals surface area contributed by atoms with E-state index < -0.39 is 0 Å². The summed E-state index contributed by atoms with van der Waals surface area (Å²) >= 11 is 0. The second-order valence-electron chi connectivity index (χ2n) is 2.29. The van der Waals surface area contributed by atoms with Crippen LogP contribution in [-0.4, -0.2) is 26.4 Å². The summed E-state index contributed by atoms with van der Waals surface area (Å²) in [5, 5.41) is 0. The van der Waals surface area contributed by atoms with E-state index in [0.29, 0.717) is 26.1 Å². The third-order valence-electron chi connectivity index (χ3n) is 1.18. The van der Waals surface area contributed by atoms with Crippen LogP contribution in [0.1, 0.15) is 27.2 Å². The van der Waals surface area contributed by atoms with Gasteiger partial charge in [-0.1, -0.05) is 6.92 Å². The highest BCUT2D eigenvalue weighted by molar-refractivity contribution is 4.62. The Morgan fingerprint density at radius 3 is 2.00 bits per heavy atom. The van der Waals surface area contributed by atoms with Gasteiger partial charge in [-0.25, -0.2) is 0 Å². The van der Waals surface area contributed by atoms with Crippen LogP contribution >= 0.6 is 0 Å². The molecule has 0 rings (SSSR count). The average Bonchev–Trinajstić information content (AvgIpc) is 2.06. The first-order valence-electron chi connectivity index (χ1n) is 4.54. The molecule has 73 valence electrons. The van der Waals surface area contributed by atoms with E-state index in [1.54, 1.807) is 0 Å². The summed E-state index contributed by atoms with van der Waals surface area (Å²) in [4.78, 5) is 0. The molecule has 0 saturated carbocycles. The second kappa shape index (κ2) is 8.97. The van der Waals surface area contributed by atoms with Gasteiger partial charge < -0.3 is 14.2 Å². The van der Waals surface area contributed by atoms with Crippen LogP contribution in [0, 0.1) is 6.29 Å². The molecule has 1 radical (unpaired) electrons. The zero-order valence-corrected chi connectivity index (χ0v) is 8.26. The van der Waals surface area contributed by atoms with Crippen LogP contribution in [0.5, 0.6) is 0 Å². The van der Waals surface area contributed by atoms with Crippen LogP contribution in [0.2, 0.25) is 0 Å². The van der Waals surface area contributed by atoms with Crippen molar-refractivity contribution in [2.45, 2.75) is 27.2 Å². The molecule has 3 heteroatoms. The fraction of sp³-hybridized carbons (Fsp3) is 0.889. The maximum atomic E-state index is 5.26. The van der Waals surface area contributed by atoms with Crippen LogP contribution in [-0.2, 0) is 14.2 Å². The molecule has 0 heterocycles. The molecule has 0 N–H and O–H groups in total. The van der Waals surface area contributed by atoms with Crippen molar-refractivity contribution in [3.8, 4) is 0 Å².